The minimum absolute atomic E-state index is 0.0582. The van der Waals surface area contributed by atoms with Crippen LogP contribution in [0.1, 0.15) is 74.7 Å². The van der Waals surface area contributed by atoms with Crippen LogP contribution in [-0.2, 0) is 16.1 Å². The Balaban J connectivity index is 1.08. The van der Waals surface area contributed by atoms with Crippen molar-refractivity contribution >= 4 is 11.8 Å². The molecule has 0 bridgehead atoms. The number of nitrogens with one attached hydrogen (secondary N) is 1. The molecule has 0 spiro atoms. The first-order valence-corrected chi connectivity index (χ1v) is 13.9. The quantitative estimate of drug-likeness (QED) is 0.556. The number of likely N-dealkylation sites (tertiary alicyclic amines) is 1. The molecule has 37 heavy (non-hydrogen) atoms. The largest absolute Gasteiger partial charge is 0.349 e. The molecule has 1 aliphatic carbocycles. The van der Waals surface area contributed by atoms with Crippen LogP contribution in [0.4, 0.5) is 0 Å². The number of hydrogen-bond acceptors (Lipinski definition) is 7. The lowest BCUT2D eigenvalue weighted by Crippen LogP contribution is -2.47. The van der Waals surface area contributed by atoms with Crippen LogP contribution >= 0.6 is 0 Å². The van der Waals surface area contributed by atoms with Gasteiger partial charge < -0.3 is 19.6 Å². The summed E-state index contributed by atoms with van der Waals surface area (Å²) < 4.78 is 5.66. The van der Waals surface area contributed by atoms with E-state index in [1.54, 1.807) is 6.92 Å². The average Bonchev–Trinajstić information content (AvgIpc) is 3.35. The van der Waals surface area contributed by atoms with Gasteiger partial charge in [-0.2, -0.15) is 4.98 Å². The number of hydrogen-bond donors (Lipinski definition) is 1. The van der Waals surface area contributed by atoms with E-state index in [9.17, 15) is 9.59 Å². The number of amides is 2. The highest BCUT2D eigenvalue weighted by atomic mass is 16.5. The summed E-state index contributed by atoms with van der Waals surface area (Å²) in [6.07, 6.45) is 6.13. The van der Waals surface area contributed by atoms with E-state index >= 15 is 0 Å². The number of rotatable bonds is 9. The summed E-state index contributed by atoms with van der Waals surface area (Å²) in [5.41, 5.74) is 1.19. The van der Waals surface area contributed by atoms with Crippen molar-refractivity contribution in [2.75, 3.05) is 45.8 Å². The molecule has 2 aliphatic heterocycles. The third-order valence-electron chi connectivity index (χ3n) is 8.33. The van der Waals surface area contributed by atoms with Gasteiger partial charge >= 0.3 is 0 Å². The van der Waals surface area contributed by atoms with Gasteiger partial charge in [0, 0.05) is 51.5 Å². The van der Waals surface area contributed by atoms with Gasteiger partial charge in [0.1, 0.15) is 0 Å². The number of aromatic nitrogens is 2. The zero-order chi connectivity index (χ0) is 25.6. The van der Waals surface area contributed by atoms with E-state index in [0.717, 1.165) is 89.6 Å². The van der Waals surface area contributed by atoms with Crippen molar-refractivity contribution < 1.29 is 14.1 Å². The zero-order valence-electron chi connectivity index (χ0n) is 22.0. The molecule has 200 valence electrons. The van der Waals surface area contributed by atoms with Gasteiger partial charge in [0.05, 0.1) is 12.6 Å². The molecule has 1 saturated carbocycles. The molecule has 1 aromatic carbocycles. The van der Waals surface area contributed by atoms with Crippen molar-refractivity contribution in [1.29, 1.82) is 0 Å². The highest BCUT2D eigenvalue weighted by Crippen LogP contribution is 2.30. The molecule has 2 saturated heterocycles. The lowest BCUT2D eigenvalue weighted by Gasteiger charge is -2.33. The highest BCUT2D eigenvalue weighted by molar-refractivity contribution is 5.79. The van der Waals surface area contributed by atoms with Gasteiger partial charge in [-0.05, 0) is 50.8 Å². The average molecular weight is 509 g/mol. The number of carbonyl (C=O) groups excluding carboxylic acids is 2. The molecule has 5 rings (SSSR count). The maximum atomic E-state index is 12.7. The predicted molar refractivity (Wildman–Crippen MR) is 140 cm³/mol. The summed E-state index contributed by atoms with van der Waals surface area (Å²) in [6.45, 7) is 8.44. The lowest BCUT2D eigenvalue weighted by molar-refractivity contribution is -0.130. The van der Waals surface area contributed by atoms with Crippen molar-refractivity contribution in [2.45, 2.75) is 64.0 Å². The molecule has 2 amide bonds. The summed E-state index contributed by atoms with van der Waals surface area (Å²) in [6, 6.07) is 10.4. The van der Waals surface area contributed by atoms with Crippen molar-refractivity contribution in [2.24, 2.45) is 5.92 Å². The predicted octanol–water partition coefficient (Wildman–Crippen LogP) is 2.96. The second kappa shape index (κ2) is 12.2. The smallest absolute Gasteiger partial charge is 0.229 e. The topological polar surface area (TPSA) is 94.8 Å². The molecular weight excluding hydrogens is 468 g/mol. The second-order valence-electron chi connectivity index (χ2n) is 10.8. The minimum atomic E-state index is 0.0582. The fourth-order valence-corrected chi connectivity index (χ4v) is 5.60. The molecule has 2 aromatic rings. The molecule has 9 heteroatoms. The molecule has 1 atom stereocenters. The summed E-state index contributed by atoms with van der Waals surface area (Å²) in [4.78, 5) is 35.6. The van der Waals surface area contributed by atoms with Crippen LogP contribution in [0.5, 0.6) is 0 Å². The number of piperazine rings is 1. The number of carbonyl (C=O) groups is 2. The SMILES string of the molecule is CC(=O)N1CCN(Cc2noc(C3CCN(CCC(NC(=O)C4CCC4)c4ccccc4)CC3)n2)CC1. The monoisotopic (exact) mass is 508 g/mol. The minimum Gasteiger partial charge on any atom is -0.349 e. The van der Waals surface area contributed by atoms with Crippen LogP contribution in [0.25, 0.3) is 0 Å². The Morgan fingerprint density at radius 3 is 2.38 bits per heavy atom. The van der Waals surface area contributed by atoms with E-state index < -0.39 is 0 Å². The fraction of sp³-hybridized carbons (Fsp3) is 0.643. The summed E-state index contributed by atoms with van der Waals surface area (Å²) in [7, 11) is 0. The molecule has 3 fully saturated rings. The van der Waals surface area contributed by atoms with Crippen LogP contribution in [0.15, 0.2) is 34.9 Å². The normalized spacial score (nSPS) is 20.9. The van der Waals surface area contributed by atoms with Gasteiger partial charge in [-0.25, -0.2) is 0 Å². The van der Waals surface area contributed by atoms with Crippen molar-refractivity contribution in [3.05, 3.63) is 47.6 Å². The molecule has 3 heterocycles. The Morgan fingerprint density at radius 2 is 1.73 bits per heavy atom. The summed E-state index contributed by atoms with van der Waals surface area (Å²) >= 11 is 0. The Morgan fingerprint density at radius 1 is 1.00 bits per heavy atom. The summed E-state index contributed by atoms with van der Waals surface area (Å²) in [5, 5.41) is 7.57. The molecule has 1 unspecified atom stereocenters. The number of piperidine rings is 1. The van der Waals surface area contributed by atoms with Crippen LogP contribution in [0.2, 0.25) is 0 Å². The standard InChI is InChI=1S/C28H40N6O3/c1-21(35)34-18-16-33(17-19-34)20-26-30-28(37-31-26)24-10-13-32(14-11-24)15-12-25(22-6-3-2-4-7-22)29-27(36)23-8-5-9-23/h2-4,6-7,23-25H,5,8-20H2,1H3,(H,29,36). The lowest BCUT2D eigenvalue weighted by atomic mass is 9.84. The molecule has 9 nitrogen and oxygen atoms in total. The fourth-order valence-electron chi connectivity index (χ4n) is 5.60. The third-order valence-corrected chi connectivity index (χ3v) is 8.33. The zero-order valence-corrected chi connectivity index (χ0v) is 22.0. The maximum absolute atomic E-state index is 12.7. The molecule has 1 aromatic heterocycles. The first-order chi connectivity index (χ1) is 18.0. The van der Waals surface area contributed by atoms with E-state index in [0.29, 0.717) is 12.5 Å². The van der Waals surface area contributed by atoms with Crippen LogP contribution < -0.4 is 5.32 Å². The van der Waals surface area contributed by atoms with Crippen molar-refractivity contribution in [3.63, 3.8) is 0 Å². The van der Waals surface area contributed by atoms with E-state index in [2.05, 4.69) is 32.4 Å². The first-order valence-electron chi connectivity index (χ1n) is 13.9. The van der Waals surface area contributed by atoms with Crippen molar-refractivity contribution in [1.82, 2.24) is 30.2 Å². The van der Waals surface area contributed by atoms with Gasteiger partial charge in [-0.3, -0.25) is 14.5 Å². The van der Waals surface area contributed by atoms with E-state index in [4.69, 9.17) is 9.51 Å². The van der Waals surface area contributed by atoms with Crippen LogP contribution in [0.3, 0.4) is 0 Å². The Bertz CT molecular complexity index is 1020. The Kier molecular flexibility index (Phi) is 8.51. The van der Waals surface area contributed by atoms with Gasteiger partial charge in [0.25, 0.3) is 0 Å². The van der Waals surface area contributed by atoms with E-state index in [-0.39, 0.29) is 23.8 Å². The third kappa shape index (κ3) is 6.76. The van der Waals surface area contributed by atoms with Crippen LogP contribution in [-0.4, -0.2) is 82.5 Å². The highest BCUT2D eigenvalue weighted by Gasteiger charge is 2.29. The molecule has 0 radical (unpaired) electrons. The van der Waals surface area contributed by atoms with Crippen LogP contribution in [0, 0.1) is 5.92 Å². The van der Waals surface area contributed by atoms with Gasteiger partial charge in [0.15, 0.2) is 5.82 Å². The number of benzene rings is 1. The maximum Gasteiger partial charge on any atom is 0.229 e. The molecular formula is C28H40N6O3. The second-order valence-corrected chi connectivity index (χ2v) is 10.8. The molecule has 1 N–H and O–H groups in total. The van der Waals surface area contributed by atoms with Gasteiger partial charge in [0.2, 0.25) is 17.7 Å². The van der Waals surface area contributed by atoms with Gasteiger partial charge in [-0.1, -0.05) is 41.9 Å². The molecule has 3 aliphatic rings. The van der Waals surface area contributed by atoms with E-state index in [1.807, 2.05) is 23.1 Å². The summed E-state index contributed by atoms with van der Waals surface area (Å²) in [5.74, 6) is 2.35. The van der Waals surface area contributed by atoms with E-state index in [1.165, 1.54) is 12.0 Å². The number of nitrogens with zero attached hydrogens (tertiary/aromatic N) is 5. The Labute approximate surface area is 219 Å². The first kappa shape index (κ1) is 25.9. The van der Waals surface area contributed by atoms with Gasteiger partial charge in [-0.15, -0.1) is 0 Å². The Hall–Kier alpha value is -2.78. The van der Waals surface area contributed by atoms with Crippen molar-refractivity contribution in [3.8, 4) is 0 Å².